The molecule has 11 nitrogen and oxygen atoms in total. The lowest BCUT2D eigenvalue weighted by Crippen LogP contribution is -2.55. The monoisotopic (exact) mass is 581 g/mol. The standard InChI is InChI=1S/C32H35N7O4/c1-7-43-29-33-32(6)25-24(30(2,3)39(42)31(25,4)5)17-23(28(40)41)26(32)38(29)18-19-13-15-20(16-14-19)21-11-9-8-10-12-22(21)27-34-36-37-35-27/h9-17,26,42H,7,18H2,1-6H3,(H,40,41)(H,34,35,36,37). The first-order valence-electron chi connectivity index (χ1n) is 14.3. The van der Waals surface area contributed by atoms with E-state index in [9.17, 15) is 15.1 Å². The van der Waals surface area contributed by atoms with E-state index in [2.05, 4.69) is 26.4 Å². The molecule has 43 heavy (non-hydrogen) atoms. The summed E-state index contributed by atoms with van der Waals surface area (Å²) in [7, 11) is 0. The normalized spacial score (nSPS) is 25.5. The number of H-pyrrole nitrogens is 1. The second kappa shape index (κ2) is 10.0. The second-order valence-corrected chi connectivity index (χ2v) is 12.2. The van der Waals surface area contributed by atoms with Gasteiger partial charge in [0.2, 0.25) is 5.82 Å². The van der Waals surface area contributed by atoms with Crippen LogP contribution in [0.5, 0.6) is 0 Å². The number of fused-ring (bicyclic) bond motifs is 2. The van der Waals surface area contributed by atoms with E-state index >= 15 is 0 Å². The number of hydrogen-bond donors (Lipinski definition) is 3. The van der Waals surface area contributed by atoms with Crippen LogP contribution in [-0.2, 0) is 16.1 Å². The van der Waals surface area contributed by atoms with Crippen LogP contribution in [0.25, 0.3) is 11.1 Å². The van der Waals surface area contributed by atoms with Crippen LogP contribution in [0, 0.1) is 0 Å². The molecule has 0 saturated heterocycles. The minimum Gasteiger partial charge on any atom is -0.478 e. The van der Waals surface area contributed by atoms with E-state index in [0.29, 0.717) is 25.0 Å². The zero-order valence-corrected chi connectivity index (χ0v) is 25.1. The highest BCUT2D eigenvalue weighted by Gasteiger charge is 2.64. The first kappa shape index (κ1) is 28.5. The maximum atomic E-state index is 12.8. The minimum atomic E-state index is -1.02. The van der Waals surface area contributed by atoms with Gasteiger partial charge in [-0.05, 0) is 105 Å². The molecule has 6 rings (SSSR count). The number of aromatic nitrogens is 4. The van der Waals surface area contributed by atoms with Gasteiger partial charge in [0.05, 0.1) is 29.3 Å². The summed E-state index contributed by atoms with van der Waals surface area (Å²) in [5, 5.41) is 37.6. The van der Waals surface area contributed by atoms with Gasteiger partial charge >= 0.3 is 5.97 Å². The Balaban J connectivity index is 1.38. The van der Waals surface area contributed by atoms with Gasteiger partial charge in [-0.3, -0.25) is 0 Å². The van der Waals surface area contributed by atoms with Crippen molar-refractivity contribution in [2.24, 2.45) is 4.99 Å². The molecule has 1 aromatic carbocycles. The van der Waals surface area contributed by atoms with Gasteiger partial charge < -0.3 is 20.0 Å². The maximum Gasteiger partial charge on any atom is 0.333 e. The number of amidine groups is 1. The van der Waals surface area contributed by atoms with Crippen molar-refractivity contribution in [3.05, 3.63) is 94.0 Å². The Bertz CT molecular complexity index is 1700. The number of nitrogens with zero attached hydrogens (tertiary/aromatic N) is 6. The summed E-state index contributed by atoms with van der Waals surface area (Å²) in [5.41, 5.74) is 6.04. The summed E-state index contributed by atoms with van der Waals surface area (Å²) in [6, 6.07) is 7.81. The summed E-state index contributed by atoms with van der Waals surface area (Å²) in [4.78, 5) is 19.8. The number of rotatable bonds is 6. The number of tetrazole rings is 1. The number of carboxylic acid groups (broad SMARTS) is 1. The summed E-state index contributed by atoms with van der Waals surface area (Å²) < 4.78 is 6.06. The molecule has 2 aliphatic carbocycles. The van der Waals surface area contributed by atoms with Crippen LogP contribution in [0.3, 0.4) is 0 Å². The summed E-state index contributed by atoms with van der Waals surface area (Å²) in [6.07, 6.45) is 9.24. The van der Waals surface area contributed by atoms with Crippen LogP contribution in [0.1, 0.15) is 58.5 Å². The molecular weight excluding hydrogens is 546 g/mol. The van der Waals surface area contributed by atoms with E-state index in [1.165, 1.54) is 5.06 Å². The fourth-order valence-electron chi connectivity index (χ4n) is 7.12. The van der Waals surface area contributed by atoms with Crippen molar-refractivity contribution < 1.29 is 19.8 Å². The molecule has 0 saturated carbocycles. The number of benzene rings is 1. The molecule has 2 unspecified atom stereocenters. The lowest BCUT2D eigenvalue weighted by molar-refractivity contribution is -0.187. The molecule has 0 spiro atoms. The Labute approximate surface area is 249 Å². The fraction of sp³-hybridized carbons (Fsp3) is 0.375. The van der Waals surface area contributed by atoms with Crippen LogP contribution in [0.15, 0.2) is 82.1 Å². The van der Waals surface area contributed by atoms with Crippen LogP contribution in [0.4, 0.5) is 0 Å². The predicted octanol–water partition coefficient (Wildman–Crippen LogP) is 4.31. The number of carboxylic acids is 1. The number of aliphatic imine (C=N–C) groups is 1. The molecule has 2 aromatic rings. The quantitative estimate of drug-likeness (QED) is 0.426. The van der Waals surface area contributed by atoms with Crippen molar-refractivity contribution >= 4 is 23.1 Å². The van der Waals surface area contributed by atoms with Gasteiger partial charge in [0.1, 0.15) is 5.54 Å². The zero-order chi connectivity index (χ0) is 30.7. The van der Waals surface area contributed by atoms with Gasteiger partial charge in [0.25, 0.3) is 6.02 Å². The lowest BCUT2D eigenvalue weighted by atomic mass is 9.68. The first-order valence-corrected chi connectivity index (χ1v) is 14.3. The fourth-order valence-corrected chi connectivity index (χ4v) is 7.12. The summed E-state index contributed by atoms with van der Waals surface area (Å²) >= 11 is 0. The SMILES string of the molecule is CCOC1=NC2(C)C3=C(C=C(C(=O)O)C2N1Cc1ccc(C2=CC=C=CC=C2c2nn[nH]n2)cc1)C(C)(C)N(O)C3(C)C. The molecule has 4 aliphatic rings. The molecule has 1 aromatic heterocycles. The van der Waals surface area contributed by atoms with Crippen molar-refractivity contribution in [1.82, 2.24) is 30.6 Å². The highest BCUT2D eigenvalue weighted by molar-refractivity contribution is 6.04. The van der Waals surface area contributed by atoms with E-state index in [1.54, 1.807) is 6.08 Å². The molecule has 2 aliphatic heterocycles. The Hall–Kier alpha value is -4.57. The first-order chi connectivity index (χ1) is 20.4. The zero-order valence-electron chi connectivity index (χ0n) is 25.1. The third-order valence-electron chi connectivity index (χ3n) is 8.82. The maximum absolute atomic E-state index is 12.8. The number of hydrogen-bond acceptors (Lipinski definition) is 9. The van der Waals surface area contributed by atoms with E-state index in [-0.39, 0.29) is 5.57 Å². The van der Waals surface area contributed by atoms with Crippen LogP contribution in [0.2, 0.25) is 0 Å². The highest BCUT2D eigenvalue weighted by atomic mass is 16.5. The number of hydroxylamine groups is 2. The molecule has 222 valence electrons. The lowest BCUT2D eigenvalue weighted by Gasteiger charge is -2.43. The third-order valence-corrected chi connectivity index (χ3v) is 8.82. The molecular formula is C32H35N7O4. The van der Waals surface area contributed by atoms with Gasteiger partial charge in [-0.25, -0.2) is 9.79 Å². The van der Waals surface area contributed by atoms with Gasteiger partial charge in [-0.2, -0.15) is 10.3 Å². The molecule has 3 heterocycles. The van der Waals surface area contributed by atoms with Crippen molar-refractivity contribution in [2.45, 2.75) is 70.7 Å². The Kier molecular flexibility index (Phi) is 6.65. The van der Waals surface area contributed by atoms with E-state index < -0.39 is 28.6 Å². The topological polar surface area (TPSA) is 140 Å². The number of aromatic amines is 1. The molecule has 3 N–H and O–H groups in total. The molecule has 0 bridgehead atoms. The minimum absolute atomic E-state index is 0.216. The average Bonchev–Trinajstić information content (AvgIpc) is 3.55. The van der Waals surface area contributed by atoms with Gasteiger partial charge in [-0.15, -0.1) is 15.9 Å². The van der Waals surface area contributed by atoms with Crippen molar-refractivity contribution in [1.29, 1.82) is 0 Å². The van der Waals surface area contributed by atoms with Crippen LogP contribution < -0.4 is 0 Å². The Morgan fingerprint density at radius 2 is 1.77 bits per heavy atom. The predicted molar refractivity (Wildman–Crippen MR) is 161 cm³/mol. The van der Waals surface area contributed by atoms with Crippen molar-refractivity contribution in [2.75, 3.05) is 6.61 Å². The van der Waals surface area contributed by atoms with Crippen LogP contribution in [-0.4, -0.2) is 82.2 Å². The summed E-state index contributed by atoms with van der Waals surface area (Å²) in [6.45, 7) is 12.3. The smallest absolute Gasteiger partial charge is 0.333 e. The third kappa shape index (κ3) is 4.31. The largest absolute Gasteiger partial charge is 0.478 e. The highest BCUT2D eigenvalue weighted by Crippen LogP contribution is 2.56. The van der Waals surface area contributed by atoms with Gasteiger partial charge in [0.15, 0.2) is 0 Å². The Morgan fingerprint density at radius 1 is 1.07 bits per heavy atom. The van der Waals surface area contributed by atoms with Crippen molar-refractivity contribution in [3.63, 3.8) is 0 Å². The van der Waals surface area contributed by atoms with Crippen molar-refractivity contribution in [3.8, 4) is 0 Å². The average molecular weight is 582 g/mol. The van der Waals surface area contributed by atoms with E-state index in [0.717, 1.165) is 33.4 Å². The molecule has 0 radical (unpaired) electrons. The Morgan fingerprint density at radius 3 is 2.40 bits per heavy atom. The second-order valence-electron chi connectivity index (χ2n) is 12.2. The van der Waals surface area contributed by atoms with E-state index in [1.807, 2.05) is 95.0 Å². The van der Waals surface area contributed by atoms with E-state index in [4.69, 9.17) is 9.73 Å². The molecule has 0 fully saturated rings. The summed E-state index contributed by atoms with van der Waals surface area (Å²) in [5.74, 6) is -0.542. The number of carbonyl (C=O) groups is 1. The van der Waals surface area contributed by atoms with Gasteiger partial charge in [0, 0.05) is 12.1 Å². The number of allylic oxidation sites excluding steroid dienone is 5. The van der Waals surface area contributed by atoms with Gasteiger partial charge in [-0.1, -0.05) is 24.3 Å². The van der Waals surface area contributed by atoms with Crippen LogP contribution >= 0.6 is 0 Å². The number of ether oxygens (including phenoxy) is 1. The number of aliphatic carboxylic acids is 1. The molecule has 0 amide bonds. The molecule has 11 heteroatoms. The molecule has 2 atom stereocenters. The number of nitrogens with one attached hydrogen (secondary N) is 1.